The number of carbonyl (C=O) groups is 1. The van der Waals surface area contributed by atoms with Gasteiger partial charge >= 0.3 is 0 Å². The van der Waals surface area contributed by atoms with Crippen molar-refractivity contribution < 1.29 is 4.79 Å². The Morgan fingerprint density at radius 3 is 2.84 bits per heavy atom. The third kappa shape index (κ3) is 3.32. The fraction of sp³-hybridized carbons (Fsp3) is 0.600. The van der Waals surface area contributed by atoms with Crippen molar-refractivity contribution in [2.75, 3.05) is 6.54 Å². The van der Waals surface area contributed by atoms with Gasteiger partial charge in [-0.1, -0.05) is 13.0 Å². The van der Waals surface area contributed by atoms with Crippen LogP contribution in [-0.2, 0) is 11.3 Å². The van der Waals surface area contributed by atoms with E-state index in [1.54, 1.807) is 12.4 Å². The molecule has 0 unspecified atom stereocenters. The van der Waals surface area contributed by atoms with Crippen LogP contribution in [0.25, 0.3) is 0 Å². The first-order valence-corrected chi connectivity index (χ1v) is 7.03. The van der Waals surface area contributed by atoms with Crippen LogP contribution in [0.3, 0.4) is 0 Å². The van der Waals surface area contributed by atoms with Gasteiger partial charge in [0.1, 0.15) is 0 Å². The zero-order valence-electron chi connectivity index (χ0n) is 11.6. The molecular formula is C15H23N3O. The Bertz CT molecular complexity index is 411. The molecule has 4 nitrogen and oxygen atoms in total. The third-order valence-electron chi connectivity index (χ3n) is 4.28. The van der Waals surface area contributed by atoms with Gasteiger partial charge in [-0.25, -0.2) is 0 Å². The quantitative estimate of drug-likeness (QED) is 0.869. The number of nitrogens with two attached hydrogens (primary N) is 1. The van der Waals surface area contributed by atoms with Crippen molar-refractivity contribution >= 4 is 5.91 Å². The molecule has 19 heavy (non-hydrogen) atoms. The summed E-state index contributed by atoms with van der Waals surface area (Å²) >= 11 is 0. The SMILES string of the molecule is CC1CCC(CN)(C(=O)NCc2cccnc2)CC1. The van der Waals surface area contributed by atoms with Crippen molar-refractivity contribution in [1.82, 2.24) is 10.3 Å². The summed E-state index contributed by atoms with van der Waals surface area (Å²) < 4.78 is 0. The topological polar surface area (TPSA) is 68.0 Å². The molecule has 1 amide bonds. The molecule has 104 valence electrons. The zero-order chi connectivity index (χ0) is 13.7. The number of nitrogens with one attached hydrogen (secondary N) is 1. The van der Waals surface area contributed by atoms with Crippen LogP contribution in [0.2, 0.25) is 0 Å². The van der Waals surface area contributed by atoms with Crippen LogP contribution in [-0.4, -0.2) is 17.4 Å². The maximum atomic E-state index is 12.4. The van der Waals surface area contributed by atoms with Crippen LogP contribution < -0.4 is 11.1 Å². The maximum Gasteiger partial charge on any atom is 0.227 e. The number of pyridine rings is 1. The average molecular weight is 261 g/mol. The summed E-state index contributed by atoms with van der Waals surface area (Å²) in [7, 11) is 0. The van der Waals surface area contributed by atoms with Crippen LogP contribution >= 0.6 is 0 Å². The molecular weight excluding hydrogens is 238 g/mol. The number of hydrogen-bond donors (Lipinski definition) is 2. The summed E-state index contributed by atoms with van der Waals surface area (Å²) in [6.07, 6.45) is 7.51. The molecule has 0 radical (unpaired) electrons. The first-order chi connectivity index (χ1) is 9.16. The first kappa shape index (κ1) is 14.0. The van der Waals surface area contributed by atoms with Gasteiger partial charge in [-0.3, -0.25) is 9.78 Å². The molecule has 0 saturated heterocycles. The van der Waals surface area contributed by atoms with E-state index in [0.29, 0.717) is 19.0 Å². The van der Waals surface area contributed by atoms with E-state index >= 15 is 0 Å². The summed E-state index contributed by atoms with van der Waals surface area (Å²) in [5.74, 6) is 0.816. The van der Waals surface area contributed by atoms with Crippen molar-refractivity contribution in [3.63, 3.8) is 0 Å². The Balaban J connectivity index is 1.94. The molecule has 0 aliphatic heterocycles. The van der Waals surface area contributed by atoms with Gasteiger partial charge in [0, 0.05) is 25.5 Å². The number of nitrogens with zero attached hydrogens (tertiary/aromatic N) is 1. The van der Waals surface area contributed by atoms with Gasteiger partial charge in [-0.05, 0) is 43.2 Å². The van der Waals surface area contributed by atoms with Gasteiger partial charge in [-0.15, -0.1) is 0 Å². The fourth-order valence-corrected chi connectivity index (χ4v) is 2.71. The number of hydrogen-bond acceptors (Lipinski definition) is 3. The normalized spacial score (nSPS) is 26.9. The molecule has 1 aromatic rings. The van der Waals surface area contributed by atoms with Gasteiger partial charge in [0.05, 0.1) is 5.41 Å². The molecule has 4 heteroatoms. The molecule has 1 aliphatic rings. The molecule has 0 bridgehead atoms. The van der Waals surface area contributed by atoms with Crippen molar-refractivity contribution in [2.45, 2.75) is 39.2 Å². The van der Waals surface area contributed by atoms with Gasteiger partial charge in [0.2, 0.25) is 5.91 Å². The molecule has 0 aromatic carbocycles. The van der Waals surface area contributed by atoms with Crippen molar-refractivity contribution in [3.05, 3.63) is 30.1 Å². The highest BCUT2D eigenvalue weighted by atomic mass is 16.2. The predicted molar refractivity (Wildman–Crippen MR) is 75.2 cm³/mol. The van der Waals surface area contributed by atoms with E-state index < -0.39 is 0 Å². The lowest BCUT2D eigenvalue weighted by Gasteiger charge is -2.37. The van der Waals surface area contributed by atoms with Crippen molar-refractivity contribution in [2.24, 2.45) is 17.1 Å². The smallest absolute Gasteiger partial charge is 0.227 e. The summed E-state index contributed by atoms with van der Waals surface area (Å²) in [6, 6.07) is 3.84. The first-order valence-electron chi connectivity index (χ1n) is 7.03. The lowest BCUT2D eigenvalue weighted by Crippen LogP contribution is -2.47. The van der Waals surface area contributed by atoms with Crippen LogP contribution in [0.1, 0.15) is 38.2 Å². The van der Waals surface area contributed by atoms with E-state index in [-0.39, 0.29) is 11.3 Å². The monoisotopic (exact) mass is 261 g/mol. The van der Waals surface area contributed by atoms with Gasteiger partial charge in [0.25, 0.3) is 0 Å². The van der Waals surface area contributed by atoms with E-state index in [9.17, 15) is 4.79 Å². The van der Waals surface area contributed by atoms with E-state index in [2.05, 4.69) is 17.2 Å². The maximum absolute atomic E-state index is 12.4. The summed E-state index contributed by atoms with van der Waals surface area (Å²) in [4.78, 5) is 16.5. The van der Waals surface area contributed by atoms with E-state index in [0.717, 1.165) is 31.2 Å². The third-order valence-corrected chi connectivity index (χ3v) is 4.28. The van der Waals surface area contributed by atoms with E-state index in [1.165, 1.54) is 0 Å². The zero-order valence-corrected chi connectivity index (χ0v) is 11.6. The lowest BCUT2D eigenvalue weighted by molar-refractivity contribution is -0.133. The predicted octanol–water partition coefficient (Wildman–Crippen LogP) is 1.85. The van der Waals surface area contributed by atoms with Crippen molar-refractivity contribution in [3.8, 4) is 0 Å². The van der Waals surface area contributed by atoms with Crippen LogP contribution in [0.5, 0.6) is 0 Å². The molecule has 1 aromatic heterocycles. The number of amides is 1. The van der Waals surface area contributed by atoms with Crippen LogP contribution in [0, 0.1) is 11.3 Å². The molecule has 1 aliphatic carbocycles. The van der Waals surface area contributed by atoms with Gasteiger partial charge in [0.15, 0.2) is 0 Å². The standard InChI is InChI=1S/C15H23N3O/c1-12-4-6-15(11-16,7-5-12)14(19)18-10-13-3-2-8-17-9-13/h2-3,8-9,12H,4-7,10-11,16H2,1H3,(H,18,19). The summed E-state index contributed by atoms with van der Waals surface area (Å²) in [6.45, 7) is 3.22. The molecule has 2 rings (SSSR count). The minimum absolute atomic E-state index is 0.103. The Morgan fingerprint density at radius 1 is 1.53 bits per heavy atom. The number of aromatic nitrogens is 1. The van der Waals surface area contributed by atoms with E-state index in [4.69, 9.17) is 5.73 Å². The minimum Gasteiger partial charge on any atom is -0.351 e. The van der Waals surface area contributed by atoms with Crippen LogP contribution in [0.4, 0.5) is 0 Å². The lowest BCUT2D eigenvalue weighted by atomic mass is 9.70. The second-order valence-electron chi connectivity index (χ2n) is 5.71. The highest BCUT2D eigenvalue weighted by Gasteiger charge is 2.39. The highest BCUT2D eigenvalue weighted by molar-refractivity contribution is 5.83. The van der Waals surface area contributed by atoms with E-state index in [1.807, 2.05) is 12.1 Å². The Labute approximate surface area is 114 Å². The van der Waals surface area contributed by atoms with Crippen molar-refractivity contribution in [1.29, 1.82) is 0 Å². The summed E-state index contributed by atoms with van der Waals surface area (Å²) in [5.41, 5.74) is 6.55. The highest BCUT2D eigenvalue weighted by Crippen LogP contribution is 2.38. The molecule has 1 fully saturated rings. The minimum atomic E-state index is -0.352. The Hall–Kier alpha value is -1.42. The molecule has 0 atom stereocenters. The summed E-state index contributed by atoms with van der Waals surface area (Å²) in [5, 5.41) is 3.02. The number of carbonyl (C=O) groups excluding carboxylic acids is 1. The molecule has 0 spiro atoms. The molecule has 1 heterocycles. The second kappa shape index (κ2) is 6.15. The molecule has 3 N–H and O–H groups in total. The molecule has 1 saturated carbocycles. The average Bonchev–Trinajstić information content (AvgIpc) is 2.47. The van der Waals surface area contributed by atoms with Gasteiger partial charge < -0.3 is 11.1 Å². The largest absolute Gasteiger partial charge is 0.351 e. The number of rotatable bonds is 4. The Morgan fingerprint density at radius 2 is 2.26 bits per heavy atom. The second-order valence-corrected chi connectivity index (χ2v) is 5.71. The van der Waals surface area contributed by atoms with Gasteiger partial charge in [-0.2, -0.15) is 0 Å². The Kier molecular flexibility index (Phi) is 4.53. The fourth-order valence-electron chi connectivity index (χ4n) is 2.71. The van der Waals surface area contributed by atoms with Crippen LogP contribution in [0.15, 0.2) is 24.5 Å².